The number of likely N-dealkylation sites (tertiary alicyclic amines) is 1. The van der Waals surface area contributed by atoms with E-state index in [2.05, 4.69) is 17.6 Å². The van der Waals surface area contributed by atoms with Gasteiger partial charge in [0.25, 0.3) is 5.92 Å². The van der Waals surface area contributed by atoms with Crippen LogP contribution >= 0.6 is 0 Å². The molecule has 2 saturated carbocycles. The average Bonchev–Trinajstić information content (AvgIpc) is 3.28. The van der Waals surface area contributed by atoms with Gasteiger partial charge in [0, 0.05) is 36.9 Å². The van der Waals surface area contributed by atoms with Gasteiger partial charge in [0.2, 0.25) is 5.95 Å². The van der Waals surface area contributed by atoms with Gasteiger partial charge in [-0.1, -0.05) is 6.92 Å². The van der Waals surface area contributed by atoms with Crippen LogP contribution < -0.4 is 16.4 Å². The highest BCUT2D eigenvalue weighted by atomic mass is 19.3. The van der Waals surface area contributed by atoms with E-state index in [1.54, 1.807) is 18.9 Å². The summed E-state index contributed by atoms with van der Waals surface area (Å²) < 4.78 is 30.0. The van der Waals surface area contributed by atoms with Crippen molar-refractivity contribution in [1.82, 2.24) is 19.4 Å². The highest BCUT2D eigenvalue weighted by Gasteiger charge is 2.45. The molecule has 3 heterocycles. The first kappa shape index (κ1) is 26.8. The second kappa shape index (κ2) is 9.75. The van der Waals surface area contributed by atoms with Crippen LogP contribution in [0.2, 0.25) is 0 Å². The molecular formula is C27H40F2N8O. The van der Waals surface area contributed by atoms with Crippen LogP contribution in [0.3, 0.4) is 0 Å². The number of likely N-dealkylation sites (N-methyl/N-ethyl adjacent to an activating group) is 1. The zero-order valence-corrected chi connectivity index (χ0v) is 22.6. The minimum atomic E-state index is -2.70. The lowest BCUT2D eigenvalue weighted by molar-refractivity contribution is -0.0502. The molecule has 11 heteroatoms. The van der Waals surface area contributed by atoms with Crippen molar-refractivity contribution in [2.75, 3.05) is 24.2 Å². The number of hydrogen-bond donors (Lipinski definition) is 5. The normalized spacial score (nSPS) is 33.4. The van der Waals surface area contributed by atoms with Gasteiger partial charge < -0.3 is 26.0 Å². The quantitative estimate of drug-likeness (QED) is 0.282. The third-order valence-electron chi connectivity index (χ3n) is 8.48. The summed E-state index contributed by atoms with van der Waals surface area (Å²) in [5.74, 6) is -0.529. The number of nitrogens with two attached hydrogens (primary N) is 1. The van der Waals surface area contributed by atoms with E-state index in [4.69, 9.17) is 21.1 Å². The number of halogens is 2. The molecule has 5 rings (SSSR count). The van der Waals surface area contributed by atoms with Crippen LogP contribution in [0.1, 0.15) is 52.9 Å². The number of allylic oxidation sites excluding steroid dienone is 1. The number of fused-ring (bicyclic) bond motifs is 3. The Balaban J connectivity index is 1.48. The highest BCUT2D eigenvalue weighted by molar-refractivity contribution is 6.05. The SMILES string of the molecule is C/C(N)=C/C(=N)Nc1nc(NC2C(C)CC3CC2CC(C)(O)C3)nc2c1ccn2CC1CC(F)(F)CN1C. The largest absolute Gasteiger partial charge is 0.402 e. The molecule has 208 valence electrons. The first-order chi connectivity index (χ1) is 17.8. The maximum atomic E-state index is 14.1. The molecule has 9 nitrogen and oxygen atoms in total. The summed E-state index contributed by atoms with van der Waals surface area (Å²) >= 11 is 0. The number of rotatable bonds is 6. The summed E-state index contributed by atoms with van der Waals surface area (Å²) in [5, 5.41) is 26.5. The number of nitrogens with zero attached hydrogens (tertiary/aromatic N) is 4. The maximum Gasteiger partial charge on any atom is 0.262 e. The molecule has 0 aromatic carbocycles. The van der Waals surface area contributed by atoms with Gasteiger partial charge in [-0.3, -0.25) is 10.3 Å². The lowest BCUT2D eigenvalue weighted by Crippen LogP contribution is -2.50. The highest BCUT2D eigenvalue weighted by Crippen LogP contribution is 2.47. The third kappa shape index (κ3) is 5.63. The summed E-state index contributed by atoms with van der Waals surface area (Å²) in [7, 11) is 1.73. The van der Waals surface area contributed by atoms with E-state index in [-0.39, 0.29) is 30.9 Å². The van der Waals surface area contributed by atoms with Crippen molar-refractivity contribution in [1.29, 1.82) is 5.41 Å². The van der Waals surface area contributed by atoms with E-state index in [0.29, 0.717) is 52.8 Å². The molecule has 38 heavy (non-hydrogen) atoms. The average molecular weight is 531 g/mol. The summed E-state index contributed by atoms with van der Waals surface area (Å²) in [4.78, 5) is 11.3. The predicted octanol–water partition coefficient (Wildman–Crippen LogP) is 4.01. The first-order valence-corrected chi connectivity index (χ1v) is 13.5. The van der Waals surface area contributed by atoms with Gasteiger partial charge in [-0.2, -0.15) is 9.97 Å². The molecule has 0 amide bonds. The lowest BCUT2D eigenvalue weighted by atomic mass is 9.61. The molecule has 6 unspecified atom stereocenters. The number of anilines is 2. The molecular weight excluding hydrogens is 490 g/mol. The first-order valence-electron chi connectivity index (χ1n) is 13.5. The zero-order chi connectivity index (χ0) is 27.4. The van der Waals surface area contributed by atoms with Crippen molar-refractivity contribution >= 4 is 28.6 Å². The summed E-state index contributed by atoms with van der Waals surface area (Å²) in [6.45, 7) is 5.99. The topological polar surface area (TPSA) is 128 Å². The third-order valence-corrected chi connectivity index (χ3v) is 8.48. The van der Waals surface area contributed by atoms with E-state index < -0.39 is 11.5 Å². The minimum absolute atomic E-state index is 0.0936. The zero-order valence-electron chi connectivity index (χ0n) is 22.6. The van der Waals surface area contributed by atoms with Crippen LogP contribution in [0.5, 0.6) is 0 Å². The molecule has 2 bridgehead atoms. The fourth-order valence-electron chi connectivity index (χ4n) is 7.12. The number of aromatic nitrogens is 3. The number of amidine groups is 1. The van der Waals surface area contributed by atoms with Gasteiger partial charge in [-0.25, -0.2) is 8.78 Å². The van der Waals surface area contributed by atoms with Crippen molar-refractivity contribution in [2.45, 2.75) is 83.0 Å². The monoisotopic (exact) mass is 530 g/mol. The van der Waals surface area contributed by atoms with Gasteiger partial charge in [0.15, 0.2) is 0 Å². The van der Waals surface area contributed by atoms with E-state index in [1.807, 2.05) is 23.8 Å². The molecule has 2 aromatic rings. The van der Waals surface area contributed by atoms with Gasteiger partial charge in [0.1, 0.15) is 17.3 Å². The molecule has 2 aromatic heterocycles. The van der Waals surface area contributed by atoms with Gasteiger partial charge in [-0.05, 0) is 76.5 Å². The van der Waals surface area contributed by atoms with Crippen LogP contribution in [0, 0.1) is 23.2 Å². The van der Waals surface area contributed by atoms with Gasteiger partial charge >= 0.3 is 0 Å². The van der Waals surface area contributed by atoms with Gasteiger partial charge in [-0.15, -0.1) is 0 Å². The Hall–Kier alpha value is -2.79. The second-order valence-corrected chi connectivity index (χ2v) is 12.3. The minimum Gasteiger partial charge on any atom is -0.402 e. The van der Waals surface area contributed by atoms with Crippen molar-refractivity contribution < 1.29 is 13.9 Å². The smallest absolute Gasteiger partial charge is 0.262 e. The summed E-state index contributed by atoms with van der Waals surface area (Å²) in [5.41, 5.74) is 6.21. The van der Waals surface area contributed by atoms with Crippen LogP contribution in [-0.2, 0) is 6.54 Å². The van der Waals surface area contributed by atoms with E-state index in [9.17, 15) is 13.9 Å². The van der Waals surface area contributed by atoms with Crippen molar-refractivity contribution in [2.24, 2.45) is 23.5 Å². The van der Waals surface area contributed by atoms with E-state index in [0.717, 1.165) is 25.7 Å². The lowest BCUT2D eigenvalue weighted by Gasteiger charge is -2.49. The fraction of sp³-hybridized carbons (Fsp3) is 0.667. The summed E-state index contributed by atoms with van der Waals surface area (Å²) in [6.07, 6.45) is 6.83. The van der Waals surface area contributed by atoms with E-state index >= 15 is 0 Å². The van der Waals surface area contributed by atoms with Crippen molar-refractivity contribution in [3.8, 4) is 0 Å². The van der Waals surface area contributed by atoms with Crippen LogP contribution in [0.4, 0.5) is 20.5 Å². The standard InChI is InChI=1S/C27H40F2N8O/c1-15-7-17-9-18(11-26(3,38)10-17)22(15)33-25-34-23(32-21(31)8-16(2)30)20-5-6-37(24(20)35-25)13-19-12-27(28,29)14-36(19)4/h5-6,8,15,17-19,22,38H,7,9-14,30H2,1-4H3,(H3,31,32,33,34,35)/b16-8-. The Morgan fingerprint density at radius 2 is 2.05 bits per heavy atom. The summed E-state index contributed by atoms with van der Waals surface area (Å²) in [6, 6.07) is 1.63. The molecule has 3 aliphatic rings. The fourth-order valence-corrected chi connectivity index (χ4v) is 7.12. The second-order valence-electron chi connectivity index (χ2n) is 12.3. The Bertz CT molecular complexity index is 1240. The van der Waals surface area contributed by atoms with E-state index in [1.165, 1.54) is 6.08 Å². The Labute approximate surface area is 222 Å². The Kier molecular flexibility index (Phi) is 6.88. The maximum absolute atomic E-state index is 14.1. The predicted molar refractivity (Wildman–Crippen MR) is 145 cm³/mol. The number of aliphatic hydroxyl groups is 1. The number of hydrogen-bond acceptors (Lipinski definition) is 7. The van der Waals surface area contributed by atoms with Crippen molar-refractivity contribution in [3.05, 3.63) is 24.0 Å². The van der Waals surface area contributed by atoms with Crippen LogP contribution in [-0.4, -0.2) is 67.6 Å². The molecule has 6 atom stereocenters. The molecule has 1 aliphatic heterocycles. The van der Waals surface area contributed by atoms with Gasteiger partial charge in [0.05, 0.1) is 17.5 Å². The molecule has 0 radical (unpaired) electrons. The molecule has 0 spiro atoms. The van der Waals surface area contributed by atoms with Crippen LogP contribution in [0.25, 0.3) is 11.0 Å². The molecule has 6 N–H and O–H groups in total. The Morgan fingerprint density at radius 3 is 2.74 bits per heavy atom. The van der Waals surface area contributed by atoms with Crippen LogP contribution in [0.15, 0.2) is 24.0 Å². The molecule has 2 aliphatic carbocycles. The Morgan fingerprint density at radius 1 is 1.29 bits per heavy atom. The molecule has 1 saturated heterocycles. The van der Waals surface area contributed by atoms with Crippen molar-refractivity contribution in [3.63, 3.8) is 0 Å². The molecule has 3 fully saturated rings. The number of alkyl halides is 2. The number of nitrogens with one attached hydrogen (secondary N) is 3.